The lowest BCUT2D eigenvalue weighted by molar-refractivity contribution is -0.148. The summed E-state index contributed by atoms with van der Waals surface area (Å²) in [7, 11) is 1.76. The maximum absolute atomic E-state index is 13.7. The summed E-state index contributed by atoms with van der Waals surface area (Å²) in [5.41, 5.74) is 2.84. The average Bonchev–Trinajstić information content (AvgIpc) is 3.40. The fraction of sp³-hybridized carbons (Fsp3) is 0.387. The first-order valence-electron chi connectivity index (χ1n) is 13.8. The van der Waals surface area contributed by atoms with Crippen LogP contribution < -0.4 is 10.6 Å². The normalized spacial score (nSPS) is 18.2. The van der Waals surface area contributed by atoms with Crippen LogP contribution in [0.2, 0.25) is 0 Å². The highest BCUT2D eigenvalue weighted by Crippen LogP contribution is 2.32. The minimum Gasteiger partial charge on any atom is -0.354 e. The first kappa shape index (κ1) is 30.5. The number of likely N-dealkylation sites (N-methyl/N-ethyl adjacent to an activating group) is 1. The zero-order valence-corrected chi connectivity index (χ0v) is 24.5. The molecule has 1 aliphatic heterocycles. The van der Waals surface area contributed by atoms with E-state index in [1.165, 1.54) is 35.0 Å². The summed E-state index contributed by atoms with van der Waals surface area (Å²) < 4.78 is 13.5. The molecule has 2 unspecified atom stereocenters. The quantitative estimate of drug-likeness (QED) is 0.374. The number of carbonyl (C=O) groups excluding carboxylic acids is 2. The summed E-state index contributed by atoms with van der Waals surface area (Å²) in [5.74, 6) is -0.676. The van der Waals surface area contributed by atoms with E-state index < -0.39 is 6.04 Å². The molecule has 0 bridgehead atoms. The summed E-state index contributed by atoms with van der Waals surface area (Å²) in [5, 5.41) is 19.3. The molecule has 0 aromatic heterocycles. The highest BCUT2D eigenvalue weighted by Gasteiger charge is 2.33. The van der Waals surface area contributed by atoms with Gasteiger partial charge in [0, 0.05) is 61.0 Å². The molecule has 1 heterocycles. The number of carbonyl (C=O) groups is 2. The molecule has 216 valence electrons. The lowest BCUT2D eigenvalue weighted by Crippen LogP contribution is -2.53. The van der Waals surface area contributed by atoms with E-state index in [1.54, 1.807) is 30.3 Å². The second kappa shape index (κ2) is 14.4. The molecule has 0 saturated carbocycles. The number of fused-ring (bicyclic) bond motifs is 1. The van der Waals surface area contributed by atoms with Gasteiger partial charge in [-0.15, -0.1) is 11.8 Å². The van der Waals surface area contributed by atoms with E-state index in [2.05, 4.69) is 28.8 Å². The minimum absolute atomic E-state index is 0.0182. The number of halogens is 1. The number of nitrogens with one attached hydrogen (secondary N) is 2. The van der Waals surface area contributed by atoms with Crippen molar-refractivity contribution in [3.05, 3.63) is 89.3 Å². The number of amides is 2. The number of thioether (sulfide) groups is 1. The van der Waals surface area contributed by atoms with Gasteiger partial charge in [0.2, 0.25) is 5.91 Å². The number of rotatable bonds is 12. The predicted molar refractivity (Wildman–Crippen MR) is 159 cm³/mol. The van der Waals surface area contributed by atoms with E-state index in [-0.39, 0.29) is 36.0 Å². The van der Waals surface area contributed by atoms with E-state index in [9.17, 15) is 19.2 Å². The van der Waals surface area contributed by atoms with Crippen molar-refractivity contribution in [2.45, 2.75) is 49.2 Å². The molecule has 0 spiro atoms. The van der Waals surface area contributed by atoms with Crippen LogP contribution in [-0.2, 0) is 22.7 Å². The zero-order valence-electron chi connectivity index (χ0n) is 23.7. The number of hydrogen-bond acceptors (Lipinski definition) is 7. The fourth-order valence-electron chi connectivity index (χ4n) is 4.84. The van der Waals surface area contributed by atoms with Gasteiger partial charge >= 0.3 is 0 Å². The molecule has 2 aromatic carbocycles. The zero-order chi connectivity index (χ0) is 29.4. The number of allylic oxidation sites excluding steroid dienone is 2. The Kier molecular flexibility index (Phi) is 10.7. The minimum atomic E-state index is -0.419. The highest BCUT2D eigenvalue weighted by atomic mass is 32.2. The van der Waals surface area contributed by atoms with Crippen molar-refractivity contribution in [1.82, 2.24) is 25.6 Å². The van der Waals surface area contributed by atoms with Gasteiger partial charge in [0.15, 0.2) is 0 Å². The lowest BCUT2D eigenvalue weighted by Gasteiger charge is -2.36. The Hall–Kier alpha value is -3.49. The highest BCUT2D eigenvalue weighted by molar-refractivity contribution is 8.00. The van der Waals surface area contributed by atoms with Gasteiger partial charge in [0.1, 0.15) is 5.82 Å². The number of benzene rings is 2. The lowest BCUT2D eigenvalue weighted by atomic mass is 10.0. The molecule has 4 rings (SSSR count). The van der Waals surface area contributed by atoms with Gasteiger partial charge in [-0.25, -0.2) is 9.40 Å². The van der Waals surface area contributed by atoms with Crippen molar-refractivity contribution in [1.29, 1.82) is 5.26 Å². The van der Waals surface area contributed by atoms with Crippen molar-refractivity contribution in [3.8, 4) is 6.07 Å². The smallest absolute Gasteiger partial charge is 0.250 e. The molecule has 41 heavy (non-hydrogen) atoms. The van der Waals surface area contributed by atoms with Gasteiger partial charge in [-0.1, -0.05) is 44.2 Å². The Labute approximate surface area is 245 Å². The SMILES string of the molecule is CC(C)NCCNC(=O)CN(CC(=O)N(C)N1Cc2ccccc2C1)C1C=C(C#N)C=CC1Sc1ccc(F)cc1. The second-order valence-electron chi connectivity index (χ2n) is 10.5. The molecule has 2 amide bonds. The van der Waals surface area contributed by atoms with Crippen molar-refractivity contribution >= 4 is 23.6 Å². The molecule has 1 aliphatic carbocycles. The van der Waals surface area contributed by atoms with Crippen LogP contribution in [0.5, 0.6) is 0 Å². The topological polar surface area (TPSA) is 91.7 Å². The molecule has 2 atom stereocenters. The summed E-state index contributed by atoms with van der Waals surface area (Å²) in [4.78, 5) is 29.4. The van der Waals surface area contributed by atoms with Crippen LogP contribution in [0.15, 0.2) is 77.2 Å². The number of hydrazine groups is 1. The third kappa shape index (κ3) is 8.50. The van der Waals surface area contributed by atoms with E-state index in [0.29, 0.717) is 37.8 Å². The monoisotopic (exact) mass is 576 g/mol. The van der Waals surface area contributed by atoms with Crippen LogP contribution >= 0.6 is 11.8 Å². The summed E-state index contributed by atoms with van der Waals surface area (Å²) in [6.45, 7) is 6.41. The Morgan fingerprint density at radius 3 is 2.41 bits per heavy atom. The number of hydrogen-bond donors (Lipinski definition) is 2. The van der Waals surface area contributed by atoms with Gasteiger partial charge < -0.3 is 10.6 Å². The Morgan fingerprint density at radius 1 is 1.10 bits per heavy atom. The van der Waals surface area contributed by atoms with Crippen molar-refractivity contribution in [2.24, 2.45) is 0 Å². The van der Waals surface area contributed by atoms with Crippen LogP contribution in [0.25, 0.3) is 0 Å². The molecule has 2 aromatic rings. The second-order valence-corrected chi connectivity index (χ2v) is 11.7. The summed E-state index contributed by atoms with van der Waals surface area (Å²) in [6, 6.07) is 16.4. The van der Waals surface area contributed by atoms with Gasteiger partial charge in [0.05, 0.1) is 19.2 Å². The first-order valence-corrected chi connectivity index (χ1v) is 14.7. The van der Waals surface area contributed by atoms with Gasteiger partial charge in [0.25, 0.3) is 5.91 Å². The van der Waals surface area contributed by atoms with E-state index in [0.717, 1.165) is 4.90 Å². The number of nitrogens with zero attached hydrogens (tertiary/aromatic N) is 4. The fourth-order valence-corrected chi connectivity index (χ4v) is 6.00. The summed E-state index contributed by atoms with van der Waals surface area (Å²) in [6.07, 6.45) is 5.48. The van der Waals surface area contributed by atoms with Gasteiger partial charge in [-0.2, -0.15) is 5.26 Å². The van der Waals surface area contributed by atoms with Crippen LogP contribution in [-0.4, -0.2) is 77.3 Å². The molecule has 0 radical (unpaired) electrons. The van der Waals surface area contributed by atoms with Crippen LogP contribution in [0.4, 0.5) is 4.39 Å². The average molecular weight is 577 g/mol. The third-order valence-corrected chi connectivity index (χ3v) is 8.34. The Balaban J connectivity index is 1.52. The van der Waals surface area contributed by atoms with Crippen molar-refractivity contribution in [2.75, 3.05) is 33.2 Å². The van der Waals surface area contributed by atoms with Crippen molar-refractivity contribution in [3.63, 3.8) is 0 Å². The standard InChI is InChI=1S/C31H37FN6O2S/c1-22(2)34-14-15-35-30(39)20-37(21-31(40)36(3)38-18-24-6-4-5-7-25(24)19-38)28-16-23(17-33)8-13-29(28)41-27-11-9-26(32)10-12-27/h4-13,16,22,28-29,34H,14-15,18-21H2,1-3H3,(H,35,39). The maximum Gasteiger partial charge on any atom is 0.250 e. The van der Waals surface area contributed by atoms with Gasteiger partial charge in [-0.3, -0.25) is 19.5 Å². The molecular weight excluding hydrogens is 539 g/mol. The van der Waals surface area contributed by atoms with Crippen LogP contribution in [0.3, 0.4) is 0 Å². The molecular formula is C31H37FN6O2S. The maximum atomic E-state index is 13.7. The molecule has 8 nitrogen and oxygen atoms in total. The van der Waals surface area contributed by atoms with Crippen LogP contribution in [0.1, 0.15) is 25.0 Å². The Bertz CT molecular complexity index is 1300. The first-order chi connectivity index (χ1) is 19.7. The number of nitriles is 1. The summed E-state index contributed by atoms with van der Waals surface area (Å²) >= 11 is 1.50. The molecule has 2 N–H and O–H groups in total. The van der Waals surface area contributed by atoms with Crippen molar-refractivity contribution < 1.29 is 14.0 Å². The van der Waals surface area contributed by atoms with Crippen LogP contribution in [0, 0.1) is 17.1 Å². The Morgan fingerprint density at radius 2 is 1.78 bits per heavy atom. The molecule has 0 fully saturated rings. The van der Waals surface area contributed by atoms with E-state index in [4.69, 9.17) is 0 Å². The molecule has 10 heteroatoms. The third-order valence-electron chi connectivity index (χ3n) is 7.08. The van der Waals surface area contributed by atoms with E-state index in [1.807, 2.05) is 48.0 Å². The predicted octanol–water partition coefficient (Wildman–Crippen LogP) is 3.48. The molecule has 2 aliphatic rings. The molecule has 0 saturated heterocycles. The van der Waals surface area contributed by atoms with Gasteiger partial charge in [-0.05, 0) is 47.5 Å². The largest absolute Gasteiger partial charge is 0.354 e. The van der Waals surface area contributed by atoms with E-state index >= 15 is 0 Å².